The van der Waals surface area contributed by atoms with Crippen molar-refractivity contribution in [2.45, 2.75) is 20.8 Å². The van der Waals surface area contributed by atoms with Crippen LogP contribution in [0.4, 0.5) is 11.7 Å². The van der Waals surface area contributed by atoms with Crippen LogP contribution >= 0.6 is 0 Å². The van der Waals surface area contributed by atoms with Gasteiger partial charge in [-0.1, -0.05) is 0 Å². The maximum atomic E-state index is 12.4. The highest BCUT2D eigenvalue weighted by atomic mass is 16.5. The Bertz CT molecular complexity index is 843. The fourth-order valence-electron chi connectivity index (χ4n) is 2.21. The quantitative estimate of drug-likeness (QED) is 0.566. The molecular weight excluding hydrogens is 358 g/mol. The molecule has 0 saturated heterocycles. The van der Waals surface area contributed by atoms with E-state index in [0.717, 1.165) is 0 Å². The van der Waals surface area contributed by atoms with Crippen molar-refractivity contribution < 1.29 is 33.0 Å². The zero-order valence-electron chi connectivity index (χ0n) is 15.3. The van der Waals surface area contributed by atoms with Gasteiger partial charge in [-0.3, -0.25) is 0 Å². The first kappa shape index (κ1) is 19.9. The number of aromatic nitrogens is 2. The number of rotatable bonds is 7. The average Bonchev–Trinajstić information content (AvgIpc) is 2.98. The summed E-state index contributed by atoms with van der Waals surface area (Å²) >= 11 is 0. The van der Waals surface area contributed by atoms with Crippen molar-refractivity contribution in [1.29, 1.82) is 0 Å². The molecule has 2 rings (SSSR count). The van der Waals surface area contributed by atoms with Crippen molar-refractivity contribution in [3.05, 3.63) is 34.7 Å². The Labute approximate surface area is 154 Å². The molecule has 0 atom stereocenters. The molecule has 0 bridgehead atoms. The predicted molar refractivity (Wildman–Crippen MR) is 92.0 cm³/mol. The number of furan rings is 1. The number of hydrogen-bond donors (Lipinski definition) is 1. The molecule has 0 aliphatic rings. The molecule has 144 valence electrons. The molecule has 27 heavy (non-hydrogen) atoms. The molecule has 0 radical (unpaired) electrons. The number of anilines is 2. The highest BCUT2D eigenvalue weighted by molar-refractivity contribution is 6.07. The van der Waals surface area contributed by atoms with Crippen molar-refractivity contribution >= 4 is 29.6 Å². The van der Waals surface area contributed by atoms with Crippen LogP contribution in [0.25, 0.3) is 0 Å². The summed E-state index contributed by atoms with van der Waals surface area (Å²) in [6, 6.07) is 2.82. The van der Waals surface area contributed by atoms with Gasteiger partial charge >= 0.3 is 17.9 Å². The molecule has 0 spiro atoms. The number of aryl methyl sites for hydroxylation is 1. The monoisotopic (exact) mass is 377 g/mol. The number of ether oxygens (including phenoxy) is 3. The van der Waals surface area contributed by atoms with Crippen LogP contribution in [0.15, 0.2) is 16.5 Å². The zero-order valence-corrected chi connectivity index (χ0v) is 15.3. The number of methoxy groups -OCH3 is 1. The molecule has 10 nitrogen and oxygen atoms in total. The zero-order chi connectivity index (χ0) is 20.0. The lowest BCUT2D eigenvalue weighted by Crippen LogP contribution is -2.14. The van der Waals surface area contributed by atoms with Gasteiger partial charge in [-0.25, -0.2) is 14.4 Å². The van der Waals surface area contributed by atoms with Gasteiger partial charge in [-0.05, 0) is 32.9 Å². The van der Waals surface area contributed by atoms with Crippen LogP contribution in [0.3, 0.4) is 0 Å². The van der Waals surface area contributed by atoms with Crippen molar-refractivity contribution in [3.63, 3.8) is 0 Å². The Kier molecular flexibility index (Phi) is 6.47. The largest absolute Gasteiger partial charge is 0.464 e. The molecule has 0 aromatic carbocycles. The van der Waals surface area contributed by atoms with Crippen LogP contribution in [-0.4, -0.2) is 48.4 Å². The highest BCUT2D eigenvalue weighted by Gasteiger charge is 2.30. The average molecular weight is 377 g/mol. The van der Waals surface area contributed by atoms with Crippen LogP contribution in [0.5, 0.6) is 0 Å². The standard InChI is InChI=1S/C17H19N3O7/c1-5-25-16(22)12-9(3)27-14(13(12)17(23)26-6-2)18-11-8-7-10(19-20-11)15(21)24-4/h7-8H,5-6H2,1-4H3,(H,18,20). The Morgan fingerprint density at radius 3 is 2.15 bits per heavy atom. The molecule has 10 heteroatoms. The van der Waals surface area contributed by atoms with Gasteiger partial charge in [0.15, 0.2) is 11.5 Å². The lowest BCUT2D eigenvalue weighted by molar-refractivity contribution is 0.0480. The SMILES string of the molecule is CCOC(=O)c1c(C)oc(Nc2ccc(C(=O)OC)nn2)c1C(=O)OCC. The molecule has 2 aromatic rings. The summed E-state index contributed by atoms with van der Waals surface area (Å²) in [4.78, 5) is 36.0. The van der Waals surface area contributed by atoms with E-state index in [1.165, 1.54) is 26.2 Å². The van der Waals surface area contributed by atoms with Gasteiger partial charge in [0.1, 0.15) is 16.9 Å². The smallest absolute Gasteiger partial charge is 0.358 e. The summed E-state index contributed by atoms with van der Waals surface area (Å²) in [5, 5.41) is 10.3. The molecule has 0 aliphatic carbocycles. The molecule has 0 amide bonds. The third kappa shape index (κ3) is 4.40. The topological polar surface area (TPSA) is 130 Å². The normalized spacial score (nSPS) is 10.2. The van der Waals surface area contributed by atoms with E-state index in [0.29, 0.717) is 0 Å². The fourth-order valence-corrected chi connectivity index (χ4v) is 2.21. The first-order valence-electron chi connectivity index (χ1n) is 8.09. The summed E-state index contributed by atoms with van der Waals surface area (Å²) in [6.45, 7) is 5.05. The summed E-state index contributed by atoms with van der Waals surface area (Å²) in [5.74, 6) is -1.79. The number of hydrogen-bond acceptors (Lipinski definition) is 10. The van der Waals surface area contributed by atoms with Crippen molar-refractivity contribution in [2.75, 3.05) is 25.6 Å². The minimum Gasteiger partial charge on any atom is -0.464 e. The van der Waals surface area contributed by atoms with Crippen LogP contribution in [0, 0.1) is 6.92 Å². The van der Waals surface area contributed by atoms with Crippen molar-refractivity contribution in [1.82, 2.24) is 10.2 Å². The second kappa shape index (κ2) is 8.79. The third-order valence-corrected chi connectivity index (χ3v) is 3.34. The van der Waals surface area contributed by atoms with Crippen LogP contribution < -0.4 is 5.32 Å². The van der Waals surface area contributed by atoms with Crippen LogP contribution in [-0.2, 0) is 14.2 Å². The van der Waals surface area contributed by atoms with E-state index in [2.05, 4.69) is 20.3 Å². The number of nitrogens with zero attached hydrogens (tertiary/aromatic N) is 2. The molecule has 2 heterocycles. The summed E-state index contributed by atoms with van der Waals surface area (Å²) in [7, 11) is 1.23. The Hall–Kier alpha value is -3.43. The van der Waals surface area contributed by atoms with Gasteiger partial charge in [0.25, 0.3) is 0 Å². The summed E-state index contributed by atoms with van der Waals surface area (Å²) < 4.78 is 20.1. The lowest BCUT2D eigenvalue weighted by atomic mass is 10.1. The maximum Gasteiger partial charge on any atom is 0.358 e. The van der Waals surface area contributed by atoms with E-state index in [-0.39, 0.29) is 47.5 Å². The highest BCUT2D eigenvalue weighted by Crippen LogP contribution is 2.30. The molecule has 0 aliphatic heterocycles. The minimum absolute atomic E-state index is 0.0107. The van der Waals surface area contributed by atoms with Gasteiger partial charge in [0.05, 0.1) is 20.3 Å². The van der Waals surface area contributed by atoms with E-state index in [1.807, 2.05) is 0 Å². The second-order valence-corrected chi connectivity index (χ2v) is 5.10. The summed E-state index contributed by atoms with van der Waals surface area (Å²) in [5.41, 5.74) is -0.125. The van der Waals surface area contributed by atoms with E-state index in [4.69, 9.17) is 13.9 Å². The van der Waals surface area contributed by atoms with Crippen LogP contribution in [0.2, 0.25) is 0 Å². The van der Waals surface area contributed by atoms with Gasteiger partial charge in [-0.15, -0.1) is 10.2 Å². The molecule has 0 fully saturated rings. The number of esters is 3. The first-order valence-corrected chi connectivity index (χ1v) is 8.09. The van der Waals surface area contributed by atoms with Crippen LogP contribution in [0.1, 0.15) is 50.8 Å². The number of carbonyl (C=O) groups is 3. The van der Waals surface area contributed by atoms with Gasteiger partial charge in [0.2, 0.25) is 5.88 Å². The Morgan fingerprint density at radius 2 is 1.63 bits per heavy atom. The van der Waals surface area contributed by atoms with Gasteiger partial charge in [-0.2, -0.15) is 0 Å². The van der Waals surface area contributed by atoms with Crippen molar-refractivity contribution in [2.24, 2.45) is 0 Å². The first-order chi connectivity index (χ1) is 12.9. The molecule has 1 N–H and O–H groups in total. The van der Waals surface area contributed by atoms with Gasteiger partial charge < -0.3 is 23.9 Å². The minimum atomic E-state index is -0.751. The second-order valence-electron chi connectivity index (χ2n) is 5.10. The number of nitrogens with one attached hydrogen (secondary N) is 1. The summed E-state index contributed by atoms with van der Waals surface area (Å²) in [6.07, 6.45) is 0. The van der Waals surface area contributed by atoms with E-state index in [9.17, 15) is 14.4 Å². The Balaban J connectivity index is 2.40. The van der Waals surface area contributed by atoms with E-state index < -0.39 is 17.9 Å². The Morgan fingerprint density at radius 1 is 1.00 bits per heavy atom. The molecule has 0 unspecified atom stereocenters. The van der Waals surface area contributed by atoms with E-state index in [1.54, 1.807) is 13.8 Å². The third-order valence-electron chi connectivity index (χ3n) is 3.34. The van der Waals surface area contributed by atoms with Gasteiger partial charge in [0, 0.05) is 0 Å². The lowest BCUT2D eigenvalue weighted by Gasteiger charge is -2.07. The number of carbonyl (C=O) groups excluding carboxylic acids is 3. The predicted octanol–water partition coefficient (Wildman–Crippen LogP) is 2.26. The maximum absolute atomic E-state index is 12.4. The molecule has 0 saturated carbocycles. The van der Waals surface area contributed by atoms with Crippen molar-refractivity contribution in [3.8, 4) is 0 Å². The fraction of sp³-hybridized carbons (Fsp3) is 0.353. The molecular formula is C17H19N3O7. The van der Waals surface area contributed by atoms with E-state index >= 15 is 0 Å². The molecule has 2 aromatic heterocycles.